The van der Waals surface area contributed by atoms with Gasteiger partial charge >= 0.3 is 12.1 Å². The van der Waals surface area contributed by atoms with Crippen LogP contribution in [0.2, 0.25) is 0 Å². The van der Waals surface area contributed by atoms with Gasteiger partial charge in [0.15, 0.2) is 6.29 Å². The number of morpholine rings is 1. The molecule has 0 aromatic heterocycles. The van der Waals surface area contributed by atoms with Gasteiger partial charge in [-0.15, -0.1) is 0 Å². The van der Waals surface area contributed by atoms with Crippen molar-refractivity contribution < 1.29 is 51.0 Å². The Bertz CT molecular complexity index is 781. The van der Waals surface area contributed by atoms with Crippen molar-refractivity contribution in [2.24, 2.45) is 0 Å². The number of hydrogen-bond donors (Lipinski definition) is 2. The van der Waals surface area contributed by atoms with Crippen LogP contribution in [0.25, 0.3) is 0 Å². The number of alkyl halides is 3. The first-order valence-corrected chi connectivity index (χ1v) is 9.60. The van der Waals surface area contributed by atoms with E-state index in [2.05, 4.69) is 10.2 Å². The van der Waals surface area contributed by atoms with Crippen molar-refractivity contribution in [1.82, 2.24) is 10.4 Å². The summed E-state index contributed by atoms with van der Waals surface area (Å²) in [6, 6.07) is -0.233. The Morgan fingerprint density at radius 2 is 1.91 bits per heavy atom. The van der Waals surface area contributed by atoms with E-state index in [9.17, 15) is 36.6 Å². The van der Waals surface area contributed by atoms with E-state index in [-0.39, 0.29) is 23.8 Å². The van der Waals surface area contributed by atoms with Crippen molar-refractivity contribution in [3.05, 3.63) is 35.4 Å². The summed E-state index contributed by atoms with van der Waals surface area (Å²) in [5.74, 6) is -5.80. The van der Waals surface area contributed by atoms with Gasteiger partial charge in [0.1, 0.15) is 17.7 Å². The molecule has 1 amide bonds. The second kappa shape index (κ2) is 11.0. The average Bonchev–Trinajstić information content (AvgIpc) is 2.69. The smallest absolute Gasteiger partial charge is 0.389 e. The molecule has 1 heterocycles. The van der Waals surface area contributed by atoms with Crippen molar-refractivity contribution in [2.75, 3.05) is 19.8 Å². The Morgan fingerprint density at radius 1 is 1.28 bits per heavy atom. The standard InChI is InChI=1S/C19H23F5N2O6/c1-3-30-16-8-25-14(9-31-16)17(28)15(6-11-4-12(20)7-13(21)5-11)26(10(2)27)32-18(29)19(22,23)24/h4-5,7,14-17,25,28H,3,6,8-9H2,1-2H3/t14-,15+,16-,17+/m1/s1. The number of amides is 1. The summed E-state index contributed by atoms with van der Waals surface area (Å²) in [7, 11) is 0. The predicted octanol–water partition coefficient (Wildman–Crippen LogP) is 1.46. The van der Waals surface area contributed by atoms with Gasteiger partial charge in [0.05, 0.1) is 18.8 Å². The minimum absolute atomic E-state index is 0.0552. The highest BCUT2D eigenvalue weighted by molar-refractivity contribution is 5.79. The second-order valence-electron chi connectivity index (χ2n) is 6.99. The van der Waals surface area contributed by atoms with Gasteiger partial charge < -0.3 is 24.7 Å². The molecule has 1 aliphatic rings. The zero-order valence-corrected chi connectivity index (χ0v) is 17.2. The lowest BCUT2D eigenvalue weighted by Gasteiger charge is -2.39. The highest BCUT2D eigenvalue weighted by Gasteiger charge is 2.46. The lowest BCUT2D eigenvalue weighted by molar-refractivity contribution is -0.250. The fourth-order valence-corrected chi connectivity index (χ4v) is 3.18. The zero-order chi connectivity index (χ0) is 24.1. The topological polar surface area (TPSA) is 97.3 Å². The number of halogens is 5. The van der Waals surface area contributed by atoms with Crippen LogP contribution in [0.15, 0.2) is 18.2 Å². The third-order valence-electron chi connectivity index (χ3n) is 4.56. The molecule has 13 heteroatoms. The number of nitrogens with zero attached hydrogens (tertiary/aromatic N) is 1. The summed E-state index contributed by atoms with van der Waals surface area (Å²) in [6.07, 6.45) is -8.25. The summed E-state index contributed by atoms with van der Waals surface area (Å²) in [6.45, 7) is 2.83. The first kappa shape index (κ1) is 25.9. The molecule has 2 rings (SSSR count). The van der Waals surface area contributed by atoms with Gasteiger partial charge in [0, 0.05) is 26.1 Å². The van der Waals surface area contributed by atoms with Gasteiger partial charge in [-0.25, -0.2) is 13.6 Å². The van der Waals surface area contributed by atoms with Crippen molar-refractivity contribution >= 4 is 11.9 Å². The maximum absolute atomic E-state index is 13.6. The largest absolute Gasteiger partial charge is 0.493 e. The molecule has 1 saturated heterocycles. The maximum atomic E-state index is 13.6. The SMILES string of the molecule is CCO[C@H]1CN[C@@H]([C@H](O)[C@H](Cc2cc(F)cc(F)c2)N(OC(=O)C(F)(F)F)C(C)=O)CO1. The van der Waals surface area contributed by atoms with Crippen LogP contribution in [0.3, 0.4) is 0 Å². The lowest BCUT2D eigenvalue weighted by atomic mass is 9.95. The van der Waals surface area contributed by atoms with E-state index >= 15 is 0 Å². The molecule has 8 nitrogen and oxygen atoms in total. The summed E-state index contributed by atoms with van der Waals surface area (Å²) in [4.78, 5) is 27.6. The van der Waals surface area contributed by atoms with Crippen LogP contribution in [0.1, 0.15) is 19.4 Å². The van der Waals surface area contributed by atoms with E-state index in [1.54, 1.807) is 6.92 Å². The van der Waals surface area contributed by atoms with Crippen molar-refractivity contribution in [1.29, 1.82) is 0 Å². The fourth-order valence-electron chi connectivity index (χ4n) is 3.18. The first-order chi connectivity index (χ1) is 14.9. The highest BCUT2D eigenvalue weighted by atomic mass is 19.4. The number of carbonyl (C=O) groups excluding carboxylic acids is 2. The number of nitrogens with one attached hydrogen (secondary N) is 1. The van der Waals surface area contributed by atoms with E-state index in [0.29, 0.717) is 12.7 Å². The molecule has 32 heavy (non-hydrogen) atoms. The maximum Gasteiger partial charge on any atom is 0.493 e. The van der Waals surface area contributed by atoms with Gasteiger partial charge in [-0.1, -0.05) is 0 Å². The molecule has 0 bridgehead atoms. The Hall–Kier alpha value is -2.35. The highest BCUT2D eigenvalue weighted by Crippen LogP contribution is 2.23. The Morgan fingerprint density at radius 3 is 2.38 bits per heavy atom. The lowest BCUT2D eigenvalue weighted by Crippen LogP contribution is -2.60. The van der Waals surface area contributed by atoms with E-state index in [0.717, 1.165) is 19.1 Å². The normalized spacial score (nSPS) is 21.0. The average molecular weight is 470 g/mol. The van der Waals surface area contributed by atoms with Crippen LogP contribution < -0.4 is 5.32 Å². The second-order valence-corrected chi connectivity index (χ2v) is 6.99. The number of benzene rings is 1. The van der Waals surface area contributed by atoms with Crippen LogP contribution in [-0.4, -0.2) is 72.5 Å². The molecule has 2 N–H and O–H groups in total. The van der Waals surface area contributed by atoms with Crippen LogP contribution in [-0.2, 0) is 30.3 Å². The van der Waals surface area contributed by atoms with Crippen molar-refractivity contribution in [3.8, 4) is 0 Å². The molecule has 180 valence electrons. The molecule has 4 atom stereocenters. The summed E-state index contributed by atoms with van der Waals surface area (Å²) in [5, 5.41) is 13.8. The third kappa shape index (κ3) is 7.08. The van der Waals surface area contributed by atoms with Gasteiger partial charge in [-0.2, -0.15) is 18.2 Å². The van der Waals surface area contributed by atoms with Crippen LogP contribution in [0.5, 0.6) is 0 Å². The molecule has 0 spiro atoms. The predicted molar refractivity (Wildman–Crippen MR) is 97.7 cm³/mol. The van der Waals surface area contributed by atoms with E-state index in [1.165, 1.54) is 0 Å². The molecule has 0 unspecified atom stereocenters. The zero-order valence-electron chi connectivity index (χ0n) is 17.2. The summed E-state index contributed by atoms with van der Waals surface area (Å²) >= 11 is 0. The molecule has 0 aliphatic carbocycles. The Labute approximate surface area is 180 Å². The minimum Gasteiger partial charge on any atom is -0.389 e. The quantitative estimate of drug-likeness (QED) is 0.460. The monoisotopic (exact) mass is 470 g/mol. The fraction of sp³-hybridized carbons (Fsp3) is 0.579. The number of rotatable bonds is 7. The first-order valence-electron chi connectivity index (χ1n) is 9.60. The third-order valence-corrected chi connectivity index (χ3v) is 4.56. The number of ether oxygens (including phenoxy) is 2. The molecule has 0 saturated carbocycles. The number of hydroxylamine groups is 2. The van der Waals surface area contributed by atoms with Crippen molar-refractivity contribution in [3.63, 3.8) is 0 Å². The summed E-state index contributed by atoms with van der Waals surface area (Å²) in [5.41, 5.74) is -0.0928. The van der Waals surface area contributed by atoms with Crippen LogP contribution >= 0.6 is 0 Å². The molecule has 1 aromatic carbocycles. The van der Waals surface area contributed by atoms with E-state index < -0.39 is 60.6 Å². The van der Waals surface area contributed by atoms with Gasteiger partial charge in [-0.05, 0) is 31.0 Å². The number of carbonyl (C=O) groups is 2. The summed E-state index contributed by atoms with van der Waals surface area (Å²) < 4.78 is 76.1. The number of aliphatic hydroxyl groups is 1. The Kier molecular flexibility index (Phi) is 8.89. The molecule has 1 fully saturated rings. The molecule has 1 aromatic rings. The van der Waals surface area contributed by atoms with Gasteiger partial charge in [0.25, 0.3) is 5.91 Å². The molecule has 1 aliphatic heterocycles. The number of aliphatic hydroxyl groups excluding tert-OH is 1. The van der Waals surface area contributed by atoms with Gasteiger partial charge in [-0.3, -0.25) is 4.79 Å². The number of hydrogen-bond acceptors (Lipinski definition) is 7. The van der Waals surface area contributed by atoms with Crippen LogP contribution in [0, 0.1) is 11.6 Å². The van der Waals surface area contributed by atoms with Gasteiger partial charge in [0.2, 0.25) is 0 Å². The Balaban J connectivity index is 2.32. The molecular weight excluding hydrogens is 447 g/mol. The van der Waals surface area contributed by atoms with E-state index in [4.69, 9.17) is 9.47 Å². The van der Waals surface area contributed by atoms with Crippen LogP contribution in [0.4, 0.5) is 22.0 Å². The molecule has 0 radical (unpaired) electrons. The van der Waals surface area contributed by atoms with Crippen molar-refractivity contribution in [2.45, 2.75) is 50.9 Å². The molecular formula is C19H23F5N2O6. The minimum atomic E-state index is -5.43. The van der Waals surface area contributed by atoms with E-state index in [1.807, 2.05) is 0 Å².